The number of para-hydroxylation sites is 1. The molecule has 0 saturated carbocycles. The van der Waals surface area contributed by atoms with Crippen molar-refractivity contribution in [2.45, 2.75) is 20.3 Å². The number of nitrogens with one attached hydrogen (secondary N) is 2. The normalized spacial score (nSPS) is 10.3. The standard InChI is InChI=1S/C22H21N3O2/c1-3-16-7-4-5-10-20(16)25-21-12-11-18(14-23-21)22(27)24-19-9-6-8-17(13-19)15(2)26/h4-14H,3H2,1-2H3,(H,23,25)(H,24,27). The van der Waals surface area contributed by atoms with Gasteiger partial charge in [-0.2, -0.15) is 0 Å². The zero-order valence-electron chi connectivity index (χ0n) is 15.3. The minimum absolute atomic E-state index is 0.0458. The fourth-order valence-corrected chi connectivity index (χ4v) is 2.71. The van der Waals surface area contributed by atoms with Gasteiger partial charge < -0.3 is 10.6 Å². The Labute approximate surface area is 158 Å². The summed E-state index contributed by atoms with van der Waals surface area (Å²) in [7, 11) is 0. The lowest BCUT2D eigenvalue weighted by Crippen LogP contribution is -2.12. The molecule has 3 rings (SSSR count). The number of aryl methyl sites for hydroxylation is 1. The van der Waals surface area contributed by atoms with Crippen LogP contribution >= 0.6 is 0 Å². The van der Waals surface area contributed by atoms with Crippen LogP contribution in [0.2, 0.25) is 0 Å². The monoisotopic (exact) mass is 359 g/mol. The maximum absolute atomic E-state index is 12.4. The number of hydrogen-bond donors (Lipinski definition) is 2. The number of ketones is 1. The molecule has 0 unspecified atom stereocenters. The minimum Gasteiger partial charge on any atom is -0.340 e. The second-order valence-electron chi connectivity index (χ2n) is 6.16. The van der Waals surface area contributed by atoms with Gasteiger partial charge in [0.2, 0.25) is 0 Å². The molecular formula is C22H21N3O2. The molecule has 0 aliphatic rings. The van der Waals surface area contributed by atoms with Gasteiger partial charge in [-0.15, -0.1) is 0 Å². The predicted molar refractivity (Wildman–Crippen MR) is 108 cm³/mol. The smallest absolute Gasteiger partial charge is 0.257 e. The van der Waals surface area contributed by atoms with Gasteiger partial charge in [0.25, 0.3) is 5.91 Å². The SMILES string of the molecule is CCc1ccccc1Nc1ccc(C(=O)Nc2cccc(C(C)=O)c2)cn1. The molecule has 2 N–H and O–H groups in total. The lowest BCUT2D eigenvalue weighted by atomic mass is 10.1. The summed E-state index contributed by atoms with van der Waals surface area (Å²) in [4.78, 5) is 28.2. The molecule has 0 aliphatic heterocycles. The van der Waals surface area contributed by atoms with Crippen LogP contribution in [0.3, 0.4) is 0 Å². The summed E-state index contributed by atoms with van der Waals surface area (Å²) in [6.45, 7) is 3.59. The molecule has 1 aromatic heterocycles. The average Bonchev–Trinajstić information content (AvgIpc) is 2.69. The van der Waals surface area contributed by atoms with Crippen molar-refractivity contribution in [3.05, 3.63) is 83.6 Å². The van der Waals surface area contributed by atoms with E-state index in [0.29, 0.717) is 22.6 Å². The van der Waals surface area contributed by atoms with Gasteiger partial charge in [0.15, 0.2) is 5.78 Å². The Balaban J connectivity index is 1.70. The second kappa shape index (κ2) is 8.27. The van der Waals surface area contributed by atoms with E-state index in [1.165, 1.54) is 18.7 Å². The van der Waals surface area contributed by atoms with E-state index in [0.717, 1.165) is 12.1 Å². The number of amides is 1. The van der Waals surface area contributed by atoms with Crippen LogP contribution in [0.15, 0.2) is 66.9 Å². The number of pyridine rings is 1. The highest BCUT2D eigenvalue weighted by Gasteiger charge is 2.09. The first kappa shape index (κ1) is 18.3. The quantitative estimate of drug-likeness (QED) is 0.618. The molecule has 27 heavy (non-hydrogen) atoms. The highest BCUT2D eigenvalue weighted by atomic mass is 16.1. The molecule has 0 bridgehead atoms. The maximum Gasteiger partial charge on any atom is 0.257 e. The third-order valence-electron chi connectivity index (χ3n) is 4.21. The topological polar surface area (TPSA) is 71.1 Å². The van der Waals surface area contributed by atoms with Gasteiger partial charge in [-0.05, 0) is 49.2 Å². The van der Waals surface area contributed by atoms with Gasteiger partial charge >= 0.3 is 0 Å². The Morgan fingerprint density at radius 2 is 1.78 bits per heavy atom. The van der Waals surface area contributed by atoms with Crippen LogP contribution in [0.1, 0.15) is 40.1 Å². The molecule has 5 heteroatoms. The molecule has 0 aliphatic carbocycles. The van der Waals surface area contributed by atoms with Crippen LogP contribution in [0.4, 0.5) is 17.2 Å². The fraction of sp³-hybridized carbons (Fsp3) is 0.136. The molecule has 1 amide bonds. The number of carbonyl (C=O) groups is 2. The van der Waals surface area contributed by atoms with Crippen molar-refractivity contribution in [3.8, 4) is 0 Å². The second-order valence-corrected chi connectivity index (χ2v) is 6.16. The number of nitrogens with zero attached hydrogens (tertiary/aromatic N) is 1. The molecule has 0 spiro atoms. The largest absolute Gasteiger partial charge is 0.340 e. The molecule has 0 fully saturated rings. The summed E-state index contributed by atoms with van der Waals surface area (Å²) in [5.41, 5.74) is 3.78. The third kappa shape index (κ3) is 4.58. The van der Waals surface area contributed by atoms with Crippen LogP contribution < -0.4 is 10.6 Å². The molecule has 2 aromatic carbocycles. The van der Waals surface area contributed by atoms with Crippen molar-refractivity contribution >= 4 is 28.9 Å². The van der Waals surface area contributed by atoms with Crippen LogP contribution in [0, 0.1) is 0 Å². The summed E-state index contributed by atoms with van der Waals surface area (Å²) in [6, 6.07) is 18.4. The summed E-state index contributed by atoms with van der Waals surface area (Å²) < 4.78 is 0. The van der Waals surface area contributed by atoms with E-state index in [1.807, 2.05) is 18.2 Å². The summed E-state index contributed by atoms with van der Waals surface area (Å²) in [6.07, 6.45) is 2.45. The number of aromatic nitrogens is 1. The van der Waals surface area contributed by atoms with Crippen molar-refractivity contribution in [3.63, 3.8) is 0 Å². The van der Waals surface area contributed by atoms with Crippen LogP contribution in [-0.2, 0) is 6.42 Å². The van der Waals surface area contributed by atoms with Gasteiger partial charge in [-0.25, -0.2) is 4.98 Å². The molecule has 0 atom stereocenters. The number of rotatable bonds is 6. The third-order valence-corrected chi connectivity index (χ3v) is 4.21. The molecule has 0 saturated heterocycles. The molecule has 3 aromatic rings. The highest BCUT2D eigenvalue weighted by Crippen LogP contribution is 2.20. The van der Waals surface area contributed by atoms with Crippen LogP contribution in [-0.4, -0.2) is 16.7 Å². The molecular weight excluding hydrogens is 338 g/mol. The zero-order valence-corrected chi connectivity index (χ0v) is 15.3. The van der Waals surface area contributed by atoms with Crippen molar-refractivity contribution in [2.75, 3.05) is 10.6 Å². The number of carbonyl (C=O) groups excluding carboxylic acids is 2. The average molecular weight is 359 g/mol. The Morgan fingerprint density at radius 1 is 0.963 bits per heavy atom. The van der Waals surface area contributed by atoms with Crippen LogP contribution in [0.25, 0.3) is 0 Å². The first-order valence-corrected chi connectivity index (χ1v) is 8.80. The molecule has 136 valence electrons. The molecule has 5 nitrogen and oxygen atoms in total. The van der Waals surface area contributed by atoms with Gasteiger partial charge in [-0.3, -0.25) is 9.59 Å². The van der Waals surface area contributed by atoms with Crippen molar-refractivity contribution in [1.29, 1.82) is 0 Å². The van der Waals surface area contributed by atoms with Gasteiger partial charge in [0, 0.05) is 23.1 Å². The lowest BCUT2D eigenvalue weighted by molar-refractivity contribution is 0.101. The summed E-state index contributed by atoms with van der Waals surface area (Å²) in [5, 5.41) is 6.07. The van der Waals surface area contributed by atoms with E-state index in [1.54, 1.807) is 36.4 Å². The van der Waals surface area contributed by atoms with E-state index < -0.39 is 0 Å². The number of hydrogen-bond acceptors (Lipinski definition) is 4. The Hall–Kier alpha value is -3.47. The summed E-state index contributed by atoms with van der Waals surface area (Å²) >= 11 is 0. The van der Waals surface area contributed by atoms with Crippen LogP contribution in [0.5, 0.6) is 0 Å². The van der Waals surface area contributed by atoms with E-state index in [9.17, 15) is 9.59 Å². The first-order valence-electron chi connectivity index (χ1n) is 8.80. The molecule has 0 radical (unpaired) electrons. The molecule has 1 heterocycles. The van der Waals surface area contributed by atoms with Crippen molar-refractivity contribution < 1.29 is 9.59 Å². The van der Waals surface area contributed by atoms with Crippen molar-refractivity contribution in [2.24, 2.45) is 0 Å². The summed E-state index contributed by atoms with van der Waals surface area (Å²) in [5.74, 6) is 0.352. The van der Waals surface area contributed by atoms with E-state index >= 15 is 0 Å². The van der Waals surface area contributed by atoms with Crippen molar-refractivity contribution in [1.82, 2.24) is 4.98 Å². The number of Topliss-reactive ketones (excluding diaryl/α,β-unsaturated/α-hetero) is 1. The van der Waals surface area contributed by atoms with E-state index in [4.69, 9.17) is 0 Å². The number of benzene rings is 2. The van der Waals surface area contributed by atoms with E-state index in [-0.39, 0.29) is 11.7 Å². The van der Waals surface area contributed by atoms with E-state index in [2.05, 4.69) is 28.6 Å². The lowest BCUT2D eigenvalue weighted by Gasteiger charge is -2.11. The van der Waals surface area contributed by atoms with Gasteiger partial charge in [0.05, 0.1) is 5.56 Å². The first-order chi connectivity index (χ1) is 13.1. The Bertz CT molecular complexity index is 965. The number of anilines is 3. The van der Waals surface area contributed by atoms with Gasteiger partial charge in [-0.1, -0.05) is 37.3 Å². The predicted octanol–water partition coefficient (Wildman–Crippen LogP) is 4.84. The minimum atomic E-state index is -0.274. The Kier molecular flexibility index (Phi) is 5.61. The highest BCUT2D eigenvalue weighted by molar-refractivity contribution is 6.05. The maximum atomic E-state index is 12.4. The zero-order chi connectivity index (χ0) is 19.2. The van der Waals surface area contributed by atoms with Gasteiger partial charge in [0.1, 0.15) is 5.82 Å². The fourth-order valence-electron chi connectivity index (χ4n) is 2.71. The Morgan fingerprint density at radius 3 is 2.48 bits per heavy atom.